The molecule has 3 aromatic rings. The van der Waals surface area contributed by atoms with Crippen molar-refractivity contribution in [2.75, 3.05) is 19.0 Å². The maximum Gasteiger partial charge on any atom is 0.269 e. The number of carbonyl (C=O) groups excluding carboxylic acids is 2. The van der Waals surface area contributed by atoms with Crippen molar-refractivity contribution < 1.29 is 14.3 Å². The molecule has 0 saturated carbocycles. The summed E-state index contributed by atoms with van der Waals surface area (Å²) in [6.07, 6.45) is 2.25. The number of aromatic nitrogens is 1. The summed E-state index contributed by atoms with van der Waals surface area (Å²) in [5.41, 5.74) is 3.58. The number of Topliss-reactive ketones (excluding diaryl/α,β-unsaturated/α-hetero) is 1. The summed E-state index contributed by atoms with van der Waals surface area (Å²) in [6.45, 7) is 2.01. The molecule has 0 aliphatic heterocycles. The lowest BCUT2D eigenvalue weighted by molar-refractivity contribution is 0.0948. The number of hydrogen-bond donors (Lipinski definition) is 2. The molecule has 0 bridgehead atoms. The molecule has 1 aromatic heterocycles. The van der Waals surface area contributed by atoms with E-state index in [1.165, 1.54) is 6.92 Å². The molecule has 0 saturated heterocycles. The summed E-state index contributed by atoms with van der Waals surface area (Å²) >= 11 is 0. The predicted octanol–water partition coefficient (Wildman–Crippen LogP) is 4.01. The van der Waals surface area contributed by atoms with Crippen LogP contribution in [0.4, 0.5) is 11.4 Å². The maximum absolute atomic E-state index is 12.4. The minimum absolute atomic E-state index is 0.0209. The van der Waals surface area contributed by atoms with E-state index in [0.717, 1.165) is 22.7 Å². The number of benzene rings is 2. The smallest absolute Gasteiger partial charge is 0.269 e. The van der Waals surface area contributed by atoms with Crippen molar-refractivity contribution in [3.8, 4) is 5.75 Å². The normalized spacial score (nSPS) is 10.3. The van der Waals surface area contributed by atoms with Gasteiger partial charge in [0, 0.05) is 29.7 Å². The highest BCUT2D eigenvalue weighted by Crippen LogP contribution is 2.19. The van der Waals surface area contributed by atoms with E-state index < -0.39 is 0 Å². The van der Waals surface area contributed by atoms with Crippen molar-refractivity contribution in [1.29, 1.82) is 0 Å². The molecular formula is C23H23N3O3. The van der Waals surface area contributed by atoms with E-state index in [-0.39, 0.29) is 11.7 Å². The van der Waals surface area contributed by atoms with Gasteiger partial charge in [-0.3, -0.25) is 14.6 Å². The second-order valence-electron chi connectivity index (χ2n) is 6.51. The topological polar surface area (TPSA) is 80.3 Å². The van der Waals surface area contributed by atoms with Crippen LogP contribution in [0.3, 0.4) is 0 Å². The summed E-state index contributed by atoms with van der Waals surface area (Å²) < 4.78 is 5.33. The first-order chi connectivity index (χ1) is 14.1. The third kappa shape index (κ3) is 5.42. The number of pyridine rings is 1. The largest absolute Gasteiger partial charge is 0.496 e. The Morgan fingerprint density at radius 3 is 2.48 bits per heavy atom. The average molecular weight is 389 g/mol. The van der Waals surface area contributed by atoms with E-state index in [1.807, 2.05) is 36.4 Å². The highest BCUT2D eigenvalue weighted by atomic mass is 16.5. The fourth-order valence-corrected chi connectivity index (χ4v) is 2.90. The van der Waals surface area contributed by atoms with Crippen LogP contribution in [-0.2, 0) is 6.42 Å². The molecule has 0 spiro atoms. The van der Waals surface area contributed by atoms with Crippen molar-refractivity contribution in [1.82, 2.24) is 10.3 Å². The van der Waals surface area contributed by atoms with Gasteiger partial charge in [0.2, 0.25) is 0 Å². The molecule has 0 atom stereocenters. The third-order valence-corrected chi connectivity index (χ3v) is 4.45. The van der Waals surface area contributed by atoms with Gasteiger partial charge in [-0.15, -0.1) is 0 Å². The zero-order valence-electron chi connectivity index (χ0n) is 16.4. The monoisotopic (exact) mass is 389 g/mol. The van der Waals surface area contributed by atoms with E-state index in [9.17, 15) is 9.59 Å². The van der Waals surface area contributed by atoms with E-state index in [2.05, 4.69) is 15.6 Å². The minimum Gasteiger partial charge on any atom is -0.496 e. The molecular weight excluding hydrogens is 366 g/mol. The van der Waals surface area contributed by atoms with E-state index in [1.54, 1.807) is 37.6 Å². The summed E-state index contributed by atoms with van der Waals surface area (Å²) in [4.78, 5) is 28.0. The van der Waals surface area contributed by atoms with Crippen molar-refractivity contribution in [3.63, 3.8) is 0 Å². The molecule has 2 aromatic carbocycles. The Hall–Kier alpha value is -3.67. The van der Waals surface area contributed by atoms with Gasteiger partial charge in [-0.1, -0.05) is 18.2 Å². The second kappa shape index (κ2) is 9.50. The van der Waals surface area contributed by atoms with Crippen molar-refractivity contribution >= 4 is 23.1 Å². The quantitative estimate of drug-likeness (QED) is 0.569. The fraction of sp³-hybridized carbons (Fsp3) is 0.174. The molecule has 148 valence electrons. The van der Waals surface area contributed by atoms with E-state index >= 15 is 0 Å². The van der Waals surface area contributed by atoms with Crippen molar-refractivity contribution in [3.05, 3.63) is 83.7 Å². The number of ketones is 1. The number of anilines is 2. The molecule has 3 rings (SSSR count). The van der Waals surface area contributed by atoms with Crippen LogP contribution in [0.25, 0.3) is 0 Å². The van der Waals surface area contributed by atoms with Gasteiger partial charge in [0.1, 0.15) is 11.4 Å². The Morgan fingerprint density at radius 2 is 1.76 bits per heavy atom. The molecule has 0 fully saturated rings. The Balaban J connectivity index is 1.59. The first-order valence-corrected chi connectivity index (χ1v) is 9.31. The zero-order chi connectivity index (χ0) is 20.6. The molecule has 2 N–H and O–H groups in total. The van der Waals surface area contributed by atoms with Gasteiger partial charge in [0.25, 0.3) is 5.91 Å². The lowest BCUT2D eigenvalue weighted by Crippen LogP contribution is -2.26. The number of nitrogens with one attached hydrogen (secondary N) is 2. The minimum atomic E-state index is -0.240. The number of ether oxygens (including phenoxy) is 1. The SMILES string of the molecule is COc1ccccc1CCNC(=O)c1cc(Nc2ccc(C(C)=O)cc2)ccn1. The number of nitrogens with zero attached hydrogens (tertiary/aromatic N) is 1. The highest BCUT2D eigenvalue weighted by molar-refractivity contribution is 5.94. The van der Waals surface area contributed by atoms with Crippen LogP contribution in [0.15, 0.2) is 66.9 Å². The third-order valence-electron chi connectivity index (χ3n) is 4.45. The molecule has 6 heteroatoms. The number of amides is 1. The van der Waals surface area contributed by atoms with Crippen LogP contribution in [0, 0.1) is 0 Å². The number of carbonyl (C=O) groups is 2. The predicted molar refractivity (Wildman–Crippen MR) is 113 cm³/mol. The van der Waals surface area contributed by atoms with Gasteiger partial charge < -0.3 is 15.4 Å². The summed E-state index contributed by atoms with van der Waals surface area (Å²) in [6, 6.07) is 18.4. The molecule has 0 radical (unpaired) electrons. The van der Waals surface area contributed by atoms with Crippen LogP contribution in [-0.4, -0.2) is 30.3 Å². The summed E-state index contributed by atoms with van der Waals surface area (Å²) in [5, 5.41) is 6.10. The molecule has 0 aliphatic rings. The summed E-state index contributed by atoms with van der Waals surface area (Å²) in [5.74, 6) is 0.588. The second-order valence-corrected chi connectivity index (χ2v) is 6.51. The number of rotatable bonds is 8. The van der Waals surface area contributed by atoms with Gasteiger partial charge in [-0.2, -0.15) is 0 Å². The van der Waals surface area contributed by atoms with Gasteiger partial charge in [0.05, 0.1) is 7.11 Å². The van der Waals surface area contributed by atoms with Crippen molar-refractivity contribution in [2.45, 2.75) is 13.3 Å². The molecule has 1 heterocycles. The Morgan fingerprint density at radius 1 is 1.00 bits per heavy atom. The van der Waals surface area contributed by atoms with E-state index in [4.69, 9.17) is 4.74 Å². The van der Waals surface area contributed by atoms with Crippen LogP contribution < -0.4 is 15.4 Å². The maximum atomic E-state index is 12.4. The Labute approximate surface area is 169 Å². The first-order valence-electron chi connectivity index (χ1n) is 9.31. The standard InChI is InChI=1S/C23H23N3O3/c1-16(27)17-7-9-19(10-8-17)26-20-12-14-24-21(15-20)23(28)25-13-11-18-5-3-4-6-22(18)29-2/h3-10,12,14-15H,11,13H2,1-2H3,(H,24,26)(H,25,28). The zero-order valence-corrected chi connectivity index (χ0v) is 16.4. The Bertz CT molecular complexity index is 1000. The molecule has 0 unspecified atom stereocenters. The van der Waals surface area contributed by atoms with Crippen LogP contribution in [0.2, 0.25) is 0 Å². The van der Waals surface area contributed by atoms with E-state index in [0.29, 0.717) is 24.2 Å². The van der Waals surface area contributed by atoms with Gasteiger partial charge in [-0.25, -0.2) is 0 Å². The molecule has 1 amide bonds. The van der Waals surface area contributed by atoms with Crippen LogP contribution >= 0.6 is 0 Å². The lowest BCUT2D eigenvalue weighted by Gasteiger charge is -2.10. The average Bonchev–Trinajstić information content (AvgIpc) is 2.74. The molecule has 0 aliphatic carbocycles. The highest BCUT2D eigenvalue weighted by Gasteiger charge is 2.09. The number of hydrogen-bond acceptors (Lipinski definition) is 5. The molecule has 6 nitrogen and oxygen atoms in total. The van der Waals surface area contributed by atoms with Crippen molar-refractivity contribution in [2.24, 2.45) is 0 Å². The van der Waals surface area contributed by atoms with Crippen LogP contribution in [0.5, 0.6) is 5.75 Å². The first kappa shape index (κ1) is 20.1. The van der Waals surface area contributed by atoms with Gasteiger partial charge >= 0.3 is 0 Å². The fourth-order valence-electron chi connectivity index (χ4n) is 2.90. The van der Waals surface area contributed by atoms with Gasteiger partial charge in [0.15, 0.2) is 5.78 Å². The van der Waals surface area contributed by atoms with Gasteiger partial charge in [-0.05, 0) is 61.4 Å². The summed E-state index contributed by atoms with van der Waals surface area (Å²) in [7, 11) is 1.63. The number of methoxy groups -OCH3 is 1. The molecule has 29 heavy (non-hydrogen) atoms. The Kier molecular flexibility index (Phi) is 6.58. The lowest BCUT2D eigenvalue weighted by atomic mass is 10.1. The number of para-hydroxylation sites is 1. The van der Waals surface area contributed by atoms with Crippen LogP contribution in [0.1, 0.15) is 33.3 Å².